The maximum atomic E-state index is 11.8. The number of anilines is 1. The van der Waals surface area contributed by atoms with E-state index in [9.17, 15) is 9.59 Å². The Labute approximate surface area is 145 Å². The van der Waals surface area contributed by atoms with Crippen LogP contribution in [-0.4, -0.2) is 23.3 Å². The first-order valence-corrected chi connectivity index (χ1v) is 7.85. The van der Waals surface area contributed by atoms with Crippen molar-refractivity contribution in [3.8, 4) is 0 Å². The summed E-state index contributed by atoms with van der Waals surface area (Å²) in [6, 6.07) is 17.4. The highest BCUT2D eigenvalue weighted by atomic mass is 16.2. The second kappa shape index (κ2) is 7.88. The third kappa shape index (κ3) is 4.75. The van der Waals surface area contributed by atoms with Crippen LogP contribution in [0.5, 0.6) is 0 Å². The van der Waals surface area contributed by atoms with Crippen molar-refractivity contribution in [2.24, 2.45) is 0 Å². The molecule has 1 aromatic heterocycles. The van der Waals surface area contributed by atoms with Crippen molar-refractivity contribution < 1.29 is 9.59 Å². The molecule has 0 saturated heterocycles. The molecule has 3 rings (SSSR count). The number of nitrogens with one attached hydrogen (secondary N) is 2. The van der Waals surface area contributed by atoms with Crippen molar-refractivity contribution in [2.75, 3.05) is 11.9 Å². The summed E-state index contributed by atoms with van der Waals surface area (Å²) in [4.78, 5) is 27.5. The average molecular weight is 331 g/mol. The van der Waals surface area contributed by atoms with Gasteiger partial charge in [0.05, 0.1) is 6.54 Å². The fourth-order valence-electron chi connectivity index (χ4n) is 2.35. The fraction of sp³-hybridized carbons (Fsp3) is 0.0500. The van der Waals surface area contributed by atoms with Gasteiger partial charge in [-0.2, -0.15) is 0 Å². The van der Waals surface area contributed by atoms with Crippen molar-refractivity contribution in [3.63, 3.8) is 0 Å². The van der Waals surface area contributed by atoms with Crippen molar-refractivity contribution in [1.29, 1.82) is 0 Å². The van der Waals surface area contributed by atoms with Crippen LogP contribution >= 0.6 is 0 Å². The van der Waals surface area contributed by atoms with Crippen molar-refractivity contribution in [3.05, 3.63) is 78.6 Å². The highest BCUT2D eigenvalue weighted by Gasteiger charge is 2.03. The molecule has 5 nitrogen and oxygen atoms in total. The summed E-state index contributed by atoms with van der Waals surface area (Å²) in [7, 11) is 0. The van der Waals surface area contributed by atoms with Gasteiger partial charge in [0.1, 0.15) is 0 Å². The minimum absolute atomic E-state index is 0.0940. The maximum Gasteiger partial charge on any atom is 0.244 e. The topological polar surface area (TPSA) is 71.1 Å². The molecule has 0 fully saturated rings. The van der Waals surface area contributed by atoms with Crippen molar-refractivity contribution in [2.45, 2.75) is 0 Å². The Morgan fingerprint density at radius 3 is 2.52 bits per heavy atom. The molecule has 0 bridgehead atoms. The minimum atomic E-state index is -0.321. The van der Waals surface area contributed by atoms with E-state index >= 15 is 0 Å². The van der Waals surface area contributed by atoms with Gasteiger partial charge in [-0.1, -0.05) is 36.4 Å². The van der Waals surface area contributed by atoms with Crippen LogP contribution in [0, 0.1) is 0 Å². The molecule has 0 spiro atoms. The predicted molar refractivity (Wildman–Crippen MR) is 98.9 cm³/mol. The second-order valence-electron chi connectivity index (χ2n) is 5.44. The molecule has 0 aliphatic rings. The molecule has 0 saturated carbocycles. The van der Waals surface area contributed by atoms with Crippen molar-refractivity contribution >= 4 is 34.4 Å². The molecule has 2 N–H and O–H groups in total. The van der Waals surface area contributed by atoms with Crippen molar-refractivity contribution in [1.82, 2.24) is 10.3 Å². The number of nitrogens with zero attached hydrogens (tertiary/aromatic N) is 1. The first kappa shape index (κ1) is 16.4. The van der Waals surface area contributed by atoms with Gasteiger partial charge < -0.3 is 10.6 Å². The van der Waals surface area contributed by atoms with E-state index in [0.717, 1.165) is 16.3 Å². The van der Waals surface area contributed by atoms with Crippen LogP contribution in [0.4, 0.5) is 5.69 Å². The van der Waals surface area contributed by atoms with Gasteiger partial charge in [-0.05, 0) is 40.6 Å². The lowest BCUT2D eigenvalue weighted by molar-refractivity contribution is -0.121. The summed E-state index contributed by atoms with van der Waals surface area (Å²) in [6.45, 7) is -0.0940. The third-order valence-corrected chi connectivity index (χ3v) is 3.59. The molecule has 2 amide bonds. The number of fused-ring (bicyclic) bond motifs is 1. The normalized spacial score (nSPS) is 10.7. The Morgan fingerprint density at radius 2 is 1.72 bits per heavy atom. The monoisotopic (exact) mass is 331 g/mol. The van der Waals surface area contributed by atoms with Gasteiger partial charge in [0.25, 0.3) is 0 Å². The molecular formula is C20H17N3O2. The number of benzene rings is 2. The minimum Gasteiger partial charge on any atom is -0.343 e. The zero-order valence-electron chi connectivity index (χ0n) is 13.5. The Bertz CT molecular complexity index is 920. The van der Waals surface area contributed by atoms with E-state index in [-0.39, 0.29) is 18.4 Å². The SMILES string of the molecule is O=C(/C=C/c1ccc2ccccc2c1)NCC(=O)Nc1ccncc1. The molecule has 1 heterocycles. The molecule has 25 heavy (non-hydrogen) atoms. The first-order chi connectivity index (χ1) is 12.2. The zero-order chi connectivity index (χ0) is 17.5. The molecule has 2 aromatic carbocycles. The van der Waals surface area contributed by atoms with Gasteiger partial charge in [0.2, 0.25) is 11.8 Å². The van der Waals surface area contributed by atoms with Gasteiger partial charge in [0.15, 0.2) is 0 Å². The highest BCUT2D eigenvalue weighted by Crippen LogP contribution is 2.16. The molecule has 5 heteroatoms. The average Bonchev–Trinajstić information content (AvgIpc) is 2.65. The molecule has 124 valence electrons. The van der Waals surface area contributed by atoms with Gasteiger partial charge in [-0.3, -0.25) is 14.6 Å². The van der Waals surface area contributed by atoms with E-state index in [4.69, 9.17) is 0 Å². The van der Waals surface area contributed by atoms with E-state index in [1.165, 1.54) is 6.08 Å². The number of hydrogen-bond acceptors (Lipinski definition) is 3. The number of carbonyl (C=O) groups excluding carboxylic acids is 2. The Morgan fingerprint density at radius 1 is 0.960 bits per heavy atom. The summed E-state index contributed by atoms with van der Waals surface area (Å²) in [5.74, 6) is -0.614. The second-order valence-corrected chi connectivity index (χ2v) is 5.44. The zero-order valence-corrected chi connectivity index (χ0v) is 13.5. The Balaban J connectivity index is 1.52. The number of amides is 2. The van der Waals surface area contributed by atoms with Crippen LogP contribution in [0.2, 0.25) is 0 Å². The molecule has 0 unspecified atom stereocenters. The van der Waals surface area contributed by atoms with E-state index in [1.807, 2.05) is 42.5 Å². The van der Waals surface area contributed by atoms with Crippen LogP contribution in [0.3, 0.4) is 0 Å². The largest absolute Gasteiger partial charge is 0.343 e. The molecule has 3 aromatic rings. The number of hydrogen-bond donors (Lipinski definition) is 2. The van der Waals surface area contributed by atoms with E-state index < -0.39 is 0 Å². The van der Waals surface area contributed by atoms with E-state index in [2.05, 4.69) is 15.6 Å². The predicted octanol–water partition coefficient (Wildman–Crippen LogP) is 3.00. The highest BCUT2D eigenvalue weighted by molar-refractivity contribution is 5.98. The van der Waals surface area contributed by atoms with Crippen LogP contribution in [0.15, 0.2) is 73.1 Å². The number of pyridine rings is 1. The van der Waals surface area contributed by atoms with E-state index in [1.54, 1.807) is 30.6 Å². The molecule has 0 atom stereocenters. The molecular weight excluding hydrogens is 314 g/mol. The number of rotatable bonds is 5. The van der Waals surface area contributed by atoms with Crippen LogP contribution < -0.4 is 10.6 Å². The van der Waals surface area contributed by atoms with Gasteiger partial charge in [-0.15, -0.1) is 0 Å². The van der Waals surface area contributed by atoms with Crippen LogP contribution in [0.1, 0.15) is 5.56 Å². The molecule has 0 radical (unpaired) electrons. The summed E-state index contributed by atoms with van der Waals surface area (Å²) < 4.78 is 0. The van der Waals surface area contributed by atoms with Crippen LogP contribution in [-0.2, 0) is 9.59 Å². The van der Waals surface area contributed by atoms with Gasteiger partial charge >= 0.3 is 0 Å². The molecule has 0 aliphatic carbocycles. The lowest BCUT2D eigenvalue weighted by Crippen LogP contribution is -2.31. The van der Waals surface area contributed by atoms with Crippen LogP contribution in [0.25, 0.3) is 16.8 Å². The summed E-state index contributed by atoms with van der Waals surface area (Å²) >= 11 is 0. The summed E-state index contributed by atoms with van der Waals surface area (Å²) in [6.07, 6.45) is 6.31. The molecule has 0 aliphatic heterocycles. The Hall–Kier alpha value is -3.47. The quantitative estimate of drug-likeness (QED) is 0.706. The van der Waals surface area contributed by atoms with Gasteiger partial charge in [0, 0.05) is 24.2 Å². The maximum absolute atomic E-state index is 11.8. The fourth-order valence-corrected chi connectivity index (χ4v) is 2.35. The lowest BCUT2D eigenvalue weighted by Gasteiger charge is -2.05. The Kier molecular flexibility index (Phi) is 5.16. The first-order valence-electron chi connectivity index (χ1n) is 7.85. The standard InChI is InChI=1S/C20H17N3O2/c24-19(22-14-20(25)23-18-9-11-21-12-10-18)8-6-15-5-7-16-3-1-2-4-17(16)13-15/h1-13H,14H2,(H,22,24)(H,21,23,25)/b8-6+. The number of aromatic nitrogens is 1. The smallest absolute Gasteiger partial charge is 0.244 e. The van der Waals surface area contributed by atoms with Gasteiger partial charge in [-0.25, -0.2) is 0 Å². The van der Waals surface area contributed by atoms with E-state index in [0.29, 0.717) is 5.69 Å². The lowest BCUT2D eigenvalue weighted by atomic mass is 10.1. The third-order valence-electron chi connectivity index (χ3n) is 3.59. The summed E-state index contributed by atoms with van der Waals surface area (Å²) in [5, 5.41) is 7.49. The number of carbonyl (C=O) groups is 2. The summed E-state index contributed by atoms with van der Waals surface area (Å²) in [5.41, 5.74) is 1.57.